The zero-order valence-electron chi connectivity index (χ0n) is 11.9. The molecule has 1 aromatic carbocycles. The monoisotopic (exact) mass is 270 g/mol. The first-order valence-corrected chi connectivity index (χ1v) is 7.08. The number of carbonyl (C=O) groups excluding carboxylic acids is 1. The Morgan fingerprint density at radius 3 is 2.55 bits per heavy atom. The van der Waals surface area contributed by atoms with Gasteiger partial charge in [-0.05, 0) is 47.3 Å². The maximum absolute atomic E-state index is 13.5. The van der Waals surface area contributed by atoms with Gasteiger partial charge in [0.05, 0.1) is 0 Å². The molecule has 0 radical (unpaired) electrons. The molecular formula is C18H19FO. The second-order valence-electron chi connectivity index (χ2n) is 4.88. The molecule has 0 atom stereocenters. The molecule has 0 N–H and O–H groups in total. The Morgan fingerprint density at radius 1 is 1.15 bits per heavy atom. The molecule has 0 unspecified atom stereocenters. The molecule has 0 fully saturated rings. The van der Waals surface area contributed by atoms with Crippen molar-refractivity contribution in [2.75, 3.05) is 0 Å². The Hall–Kier alpha value is -1.96. The minimum absolute atomic E-state index is 0.550. The Labute approximate surface area is 119 Å². The minimum Gasteiger partial charge on any atom is -0.287 e. The van der Waals surface area contributed by atoms with Crippen molar-refractivity contribution in [3.05, 3.63) is 65.0 Å². The molecular weight excluding hydrogens is 251 g/mol. The summed E-state index contributed by atoms with van der Waals surface area (Å²) in [5, 5.41) is 0. The molecule has 0 saturated carbocycles. The van der Waals surface area contributed by atoms with Crippen LogP contribution in [0.5, 0.6) is 0 Å². The van der Waals surface area contributed by atoms with Crippen molar-refractivity contribution in [2.24, 2.45) is 0 Å². The number of allylic oxidation sites excluding steroid dienone is 6. The van der Waals surface area contributed by atoms with E-state index in [9.17, 15) is 9.18 Å². The van der Waals surface area contributed by atoms with Crippen LogP contribution in [-0.2, 0) is 11.2 Å². The maximum Gasteiger partial charge on any atom is 0.214 e. The number of rotatable bonds is 4. The number of benzene rings is 1. The quantitative estimate of drug-likeness (QED) is 0.768. The summed E-state index contributed by atoms with van der Waals surface area (Å²) in [5.74, 6) is -1.23. The minimum atomic E-state index is -0.679. The predicted octanol–water partition coefficient (Wildman–Crippen LogP) is 4.80. The van der Waals surface area contributed by atoms with Crippen molar-refractivity contribution in [1.29, 1.82) is 0 Å². The third-order valence-electron chi connectivity index (χ3n) is 3.50. The molecule has 0 amide bonds. The third-order valence-corrected chi connectivity index (χ3v) is 3.50. The van der Waals surface area contributed by atoms with Gasteiger partial charge in [0.1, 0.15) is 0 Å². The first-order chi connectivity index (χ1) is 9.67. The van der Waals surface area contributed by atoms with Gasteiger partial charge >= 0.3 is 0 Å². The van der Waals surface area contributed by atoms with Crippen molar-refractivity contribution in [3.63, 3.8) is 0 Å². The normalized spacial score (nSPS) is 17.1. The number of hydrogen-bond acceptors (Lipinski definition) is 1. The summed E-state index contributed by atoms with van der Waals surface area (Å²) in [6.07, 6.45) is 7.25. The lowest BCUT2D eigenvalue weighted by Crippen LogP contribution is -2.01. The largest absolute Gasteiger partial charge is 0.287 e. The summed E-state index contributed by atoms with van der Waals surface area (Å²) in [7, 11) is 0. The Bertz CT molecular complexity index is 606. The number of ketones is 1. The van der Waals surface area contributed by atoms with Gasteiger partial charge in [-0.3, -0.25) is 4.79 Å². The summed E-state index contributed by atoms with van der Waals surface area (Å²) in [4.78, 5) is 11.2. The van der Waals surface area contributed by atoms with Crippen molar-refractivity contribution in [3.8, 4) is 0 Å². The van der Waals surface area contributed by atoms with Crippen molar-refractivity contribution in [2.45, 2.75) is 33.1 Å². The van der Waals surface area contributed by atoms with Crippen LogP contribution in [-0.4, -0.2) is 5.78 Å². The molecule has 2 heteroatoms. The van der Waals surface area contributed by atoms with Crippen LogP contribution >= 0.6 is 0 Å². The van der Waals surface area contributed by atoms with Crippen LogP contribution in [0.1, 0.15) is 37.8 Å². The zero-order valence-corrected chi connectivity index (χ0v) is 11.9. The van der Waals surface area contributed by atoms with E-state index in [0.29, 0.717) is 0 Å². The van der Waals surface area contributed by atoms with Crippen LogP contribution < -0.4 is 0 Å². The lowest BCUT2D eigenvalue weighted by Gasteiger charge is -2.15. The second kappa shape index (κ2) is 6.47. The van der Waals surface area contributed by atoms with E-state index in [2.05, 4.69) is 26.0 Å². The Morgan fingerprint density at radius 2 is 1.90 bits per heavy atom. The Kier molecular flexibility index (Phi) is 4.67. The first-order valence-electron chi connectivity index (χ1n) is 7.08. The molecule has 1 aromatic rings. The number of aryl methyl sites for hydroxylation is 1. The van der Waals surface area contributed by atoms with Gasteiger partial charge in [0.2, 0.25) is 5.78 Å². The van der Waals surface area contributed by atoms with Crippen molar-refractivity contribution >= 4 is 11.4 Å². The van der Waals surface area contributed by atoms with E-state index in [-0.39, 0.29) is 0 Å². The maximum atomic E-state index is 13.5. The average molecular weight is 270 g/mol. The van der Waals surface area contributed by atoms with E-state index in [4.69, 9.17) is 0 Å². The van der Waals surface area contributed by atoms with Crippen LogP contribution in [0.4, 0.5) is 4.39 Å². The van der Waals surface area contributed by atoms with E-state index in [1.54, 1.807) is 6.08 Å². The summed E-state index contributed by atoms with van der Waals surface area (Å²) < 4.78 is 13.5. The predicted molar refractivity (Wildman–Crippen MR) is 81.0 cm³/mol. The van der Waals surface area contributed by atoms with Crippen LogP contribution in [0.25, 0.3) is 5.57 Å². The topological polar surface area (TPSA) is 17.1 Å². The molecule has 0 heterocycles. The van der Waals surface area contributed by atoms with Crippen LogP contribution in [0, 0.1) is 0 Å². The average Bonchev–Trinajstić information content (AvgIpc) is 2.45. The highest BCUT2D eigenvalue weighted by atomic mass is 19.1. The van der Waals surface area contributed by atoms with Gasteiger partial charge < -0.3 is 0 Å². The molecule has 1 aliphatic carbocycles. The molecule has 20 heavy (non-hydrogen) atoms. The summed E-state index contributed by atoms with van der Waals surface area (Å²) in [6.45, 7) is 4.20. The standard InChI is InChI=1S/C18H19FO/c1-3-7-13-8-5-6-9-16(13)15(4-2)14-10-11-18(20)17(19)12-14/h5-6,8-12H,3-4,7H2,1-2H3. The van der Waals surface area contributed by atoms with Crippen LogP contribution in [0.2, 0.25) is 0 Å². The molecule has 0 aliphatic heterocycles. The van der Waals surface area contributed by atoms with Gasteiger partial charge in [-0.15, -0.1) is 0 Å². The van der Waals surface area contributed by atoms with E-state index in [0.717, 1.165) is 36.0 Å². The smallest absolute Gasteiger partial charge is 0.214 e. The van der Waals surface area contributed by atoms with Gasteiger partial charge in [0.15, 0.2) is 5.83 Å². The summed E-state index contributed by atoms with van der Waals surface area (Å²) in [5.41, 5.74) is 4.33. The van der Waals surface area contributed by atoms with Crippen LogP contribution in [0.15, 0.2) is 53.9 Å². The van der Waals surface area contributed by atoms with Gasteiger partial charge in [0, 0.05) is 0 Å². The highest BCUT2D eigenvalue weighted by molar-refractivity contribution is 6.05. The number of hydrogen-bond donors (Lipinski definition) is 0. The molecule has 0 saturated heterocycles. The molecule has 0 bridgehead atoms. The number of carbonyl (C=O) groups is 1. The van der Waals surface area contributed by atoms with E-state index < -0.39 is 11.6 Å². The van der Waals surface area contributed by atoms with Gasteiger partial charge in [0.25, 0.3) is 0 Å². The van der Waals surface area contributed by atoms with Crippen molar-refractivity contribution in [1.82, 2.24) is 0 Å². The van der Waals surface area contributed by atoms with E-state index in [1.807, 2.05) is 12.1 Å². The SMILES string of the molecule is CCCc1ccccc1C(CC)=C1C=CC(=O)C(F)=C1. The molecule has 1 nitrogen and oxygen atoms in total. The fraction of sp³-hybridized carbons (Fsp3) is 0.278. The first kappa shape index (κ1) is 14.4. The molecule has 2 rings (SSSR count). The van der Waals surface area contributed by atoms with Gasteiger partial charge in [-0.2, -0.15) is 0 Å². The molecule has 0 aromatic heterocycles. The van der Waals surface area contributed by atoms with Gasteiger partial charge in [-0.25, -0.2) is 4.39 Å². The summed E-state index contributed by atoms with van der Waals surface area (Å²) >= 11 is 0. The highest BCUT2D eigenvalue weighted by Crippen LogP contribution is 2.30. The lowest BCUT2D eigenvalue weighted by molar-refractivity contribution is -0.112. The molecule has 0 spiro atoms. The third kappa shape index (κ3) is 2.96. The number of halogens is 1. The van der Waals surface area contributed by atoms with Crippen LogP contribution in [0.3, 0.4) is 0 Å². The second-order valence-corrected chi connectivity index (χ2v) is 4.88. The molecule has 1 aliphatic rings. The molecule has 104 valence electrons. The van der Waals surface area contributed by atoms with E-state index in [1.165, 1.54) is 17.7 Å². The van der Waals surface area contributed by atoms with Crippen molar-refractivity contribution < 1.29 is 9.18 Å². The summed E-state index contributed by atoms with van der Waals surface area (Å²) in [6, 6.07) is 8.23. The van der Waals surface area contributed by atoms with Gasteiger partial charge in [-0.1, -0.05) is 50.6 Å². The Balaban J connectivity index is 2.53. The zero-order chi connectivity index (χ0) is 14.5. The fourth-order valence-electron chi connectivity index (χ4n) is 2.54. The van der Waals surface area contributed by atoms with E-state index >= 15 is 0 Å². The fourth-order valence-corrected chi connectivity index (χ4v) is 2.54. The lowest BCUT2D eigenvalue weighted by atomic mass is 9.90. The highest BCUT2D eigenvalue weighted by Gasteiger charge is 2.15.